The molecule has 0 spiro atoms. The van der Waals surface area contributed by atoms with Crippen molar-refractivity contribution in [3.8, 4) is 0 Å². The molecule has 94 valence electrons. The molecule has 17 heavy (non-hydrogen) atoms. The maximum absolute atomic E-state index is 11.5. The average Bonchev–Trinajstić information content (AvgIpc) is 2.98. The van der Waals surface area contributed by atoms with E-state index in [4.69, 9.17) is 4.42 Å². The van der Waals surface area contributed by atoms with Crippen molar-refractivity contribution in [3.05, 3.63) is 23.7 Å². The summed E-state index contributed by atoms with van der Waals surface area (Å²) >= 11 is 0. The molecule has 1 atom stereocenters. The Morgan fingerprint density at radius 3 is 3.18 bits per heavy atom. The first-order valence-electron chi connectivity index (χ1n) is 5.78. The van der Waals surface area contributed by atoms with E-state index in [2.05, 4.69) is 22.0 Å². The molecule has 1 N–H and O–H groups in total. The summed E-state index contributed by atoms with van der Waals surface area (Å²) in [5, 5.41) is 3.32. The van der Waals surface area contributed by atoms with Gasteiger partial charge in [-0.1, -0.05) is 0 Å². The van der Waals surface area contributed by atoms with Crippen molar-refractivity contribution >= 4 is 5.97 Å². The third-order valence-electron chi connectivity index (χ3n) is 3.19. The number of nitrogens with zero attached hydrogens (tertiary/aromatic N) is 1. The standard InChI is InChI=1S/C12H18N2O3/c1-14(10-3-5-13-7-10)8-9-4-6-17-11(9)12(15)16-2/h4,6,10,13H,3,5,7-8H2,1-2H3. The maximum Gasteiger partial charge on any atom is 0.374 e. The minimum absolute atomic E-state index is 0.310. The smallest absolute Gasteiger partial charge is 0.374 e. The molecule has 1 aliphatic heterocycles. The summed E-state index contributed by atoms with van der Waals surface area (Å²) in [6, 6.07) is 2.35. The van der Waals surface area contributed by atoms with E-state index in [9.17, 15) is 4.79 Å². The fraction of sp³-hybridized carbons (Fsp3) is 0.583. The molecule has 1 aromatic heterocycles. The molecular weight excluding hydrogens is 220 g/mol. The van der Waals surface area contributed by atoms with Gasteiger partial charge in [0.25, 0.3) is 0 Å². The zero-order valence-electron chi connectivity index (χ0n) is 10.2. The second-order valence-corrected chi connectivity index (χ2v) is 4.33. The van der Waals surface area contributed by atoms with Crippen LogP contribution in [-0.2, 0) is 11.3 Å². The van der Waals surface area contributed by atoms with E-state index in [1.807, 2.05) is 6.07 Å². The first-order chi connectivity index (χ1) is 8.22. The van der Waals surface area contributed by atoms with Gasteiger partial charge < -0.3 is 14.5 Å². The molecule has 5 nitrogen and oxygen atoms in total. The Kier molecular flexibility index (Phi) is 3.81. The fourth-order valence-electron chi connectivity index (χ4n) is 2.15. The second-order valence-electron chi connectivity index (χ2n) is 4.33. The molecule has 0 saturated carbocycles. The van der Waals surface area contributed by atoms with Gasteiger partial charge in [0.05, 0.1) is 13.4 Å². The van der Waals surface area contributed by atoms with E-state index in [0.29, 0.717) is 18.3 Å². The maximum atomic E-state index is 11.5. The lowest BCUT2D eigenvalue weighted by molar-refractivity contribution is 0.0561. The predicted molar refractivity (Wildman–Crippen MR) is 62.8 cm³/mol. The van der Waals surface area contributed by atoms with Crippen molar-refractivity contribution in [1.29, 1.82) is 0 Å². The summed E-state index contributed by atoms with van der Waals surface area (Å²) in [4.78, 5) is 13.7. The van der Waals surface area contributed by atoms with Crippen molar-refractivity contribution in [2.24, 2.45) is 0 Å². The number of likely N-dealkylation sites (N-methyl/N-ethyl adjacent to an activating group) is 1. The average molecular weight is 238 g/mol. The molecule has 1 aliphatic rings. The number of rotatable bonds is 4. The van der Waals surface area contributed by atoms with Crippen LogP contribution in [0.15, 0.2) is 16.7 Å². The topological polar surface area (TPSA) is 54.7 Å². The lowest BCUT2D eigenvalue weighted by Gasteiger charge is -2.22. The molecule has 2 rings (SSSR count). The van der Waals surface area contributed by atoms with Gasteiger partial charge in [-0.05, 0) is 26.1 Å². The SMILES string of the molecule is COC(=O)c1occc1CN(C)C1CCNC1. The molecule has 0 amide bonds. The molecule has 5 heteroatoms. The quantitative estimate of drug-likeness (QED) is 0.788. The van der Waals surface area contributed by atoms with Gasteiger partial charge in [-0.3, -0.25) is 4.90 Å². The van der Waals surface area contributed by atoms with Crippen molar-refractivity contribution in [2.75, 3.05) is 27.2 Å². The van der Waals surface area contributed by atoms with Gasteiger partial charge in [0, 0.05) is 24.7 Å². The van der Waals surface area contributed by atoms with Crippen LogP contribution in [0.4, 0.5) is 0 Å². The number of methoxy groups -OCH3 is 1. The molecule has 0 bridgehead atoms. The second kappa shape index (κ2) is 5.33. The molecule has 1 saturated heterocycles. The highest BCUT2D eigenvalue weighted by atomic mass is 16.5. The Labute approximate surface area is 101 Å². The zero-order valence-corrected chi connectivity index (χ0v) is 10.2. The summed E-state index contributed by atoms with van der Waals surface area (Å²) in [5.74, 6) is -0.103. The molecule has 0 aromatic carbocycles. The number of furan rings is 1. The highest BCUT2D eigenvalue weighted by molar-refractivity contribution is 5.87. The lowest BCUT2D eigenvalue weighted by Crippen LogP contribution is -2.33. The number of ether oxygens (including phenoxy) is 1. The first kappa shape index (κ1) is 12.1. The number of hydrogen-bond acceptors (Lipinski definition) is 5. The van der Waals surface area contributed by atoms with Crippen LogP contribution >= 0.6 is 0 Å². The normalized spacial score (nSPS) is 19.8. The van der Waals surface area contributed by atoms with Crippen molar-refractivity contribution in [3.63, 3.8) is 0 Å². The van der Waals surface area contributed by atoms with Crippen LogP contribution in [0, 0.1) is 0 Å². The number of hydrogen-bond donors (Lipinski definition) is 1. The van der Waals surface area contributed by atoms with E-state index in [0.717, 1.165) is 25.1 Å². The van der Waals surface area contributed by atoms with Crippen molar-refractivity contribution < 1.29 is 13.9 Å². The molecular formula is C12H18N2O3. The van der Waals surface area contributed by atoms with E-state index >= 15 is 0 Å². The fourth-order valence-corrected chi connectivity index (χ4v) is 2.15. The Hall–Kier alpha value is -1.33. The summed E-state index contributed by atoms with van der Waals surface area (Å²) in [5.41, 5.74) is 0.881. The Morgan fingerprint density at radius 1 is 1.71 bits per heavy atom. The molecule has 1 fully saturated rings. The molecule has 1 aromatic rings. The Balaban J connectivity index is 2.02. The van der Waals surface area contributed by atoms with Crippen LogP contribution in [-0.4, -0.2) is 44.2 Å². The van der Waals surface area contributed by atoms with Gasteiger partial charge in [0.15, 0.2) is 0 Å². The molecule has 1 unspecified atom stereocenters. The van der Waals surface area contributed by atoms with E-state index in [1.165, 1.54) is 13.4 Å². The Bertz CT molecular complexity index is 383. The van der Waals surface area contributed by atoms with Crippen LogP contribution in [0.2, 0.25) is 0 Å². The largest absolute Gasteiger partial charge is 0.463 e. The number of carbonyl (C=O) groups excluding carboxylic acids is 1. The number of esters is 1. The summed E-state index contributed by atoms with van der Waals surface area (Å²) < 4.78 is 9.84. The number of carbonyl (C=O) groups is 1. The van der Waals surface area contributed by atoms with E-state index in [-0.39, 0.29) is 0 Å². The highest BCUT2D eigenvalue weighted by Gasteiger charge is 2.22. The van der Waals surface area contributed by atoms with Crippen LogP contribution in [0.1, 0.15) is 22.5 Å². The third kappa shape index (κ3) is 2.68. The van der Waals surface area contributed by atoms with Crippen LogP contribution in [0.3, 0.4) is 0 Å². The highest BCUT2D eigenvalue weighted by Crippen LogP contribution is 2.16. The minimum Gasteiger partial charge on any atom is -0.463 e. The molecule has 0 aliphatic carbocycles. The van der Waals surface area contributed by atoms with Crippen LogP contribution < -0.4 is 5.32 Å². The molecule has 2 heterocycles. The zero-order chi connectivity index (χ0) is 12.3. The minimum atomic E-state index is -0.414. The summed E-state index contributed by atoms with van der Waals surface area (Å²) in [7, 11) is 3.42. The van der Waals surface area contributed by atoms with Gasteiger partial charge in [0.2, 0.25) is 5.76 Å². The van der Waals surface area contributed by atoms with Crippen LogP contribution in [0.5, 0.6) is 0 Å². The van der Waals surface area contributed by atoms with Crippen LogP contribution in [0.25, 0.3) is 0 Å². The van der Waals surface area contributed by atoms with Gasteiger partial charge in [0.1, 0.15) is 0 Å². The predicted octanol–water partition coefficient (Wildman–Crippen LogP) is 0.860. The van der Waals surface area contributed by atoms with Gasteiger partial charge >= 0.3 is 5.97 Å². The summed E-state index contributed by atoms with van der Waals surface area (Å²) in [6.07, 6.45) is 2.67. The van der Waals surface area contributed by atoms with Gasteiger partial charge in [-0.15, -0.1) is 0 Å². The van der Waals surface area contributed by atoms with Crippen molar-refractivity contribution in [2.45, 2.75) is 19.0 Å². The van der Waals surface area contributed by atoms with E-state index in [1.54, 1.807) is 0 Å². The van der Waals surface area contributed by atoms with Gasteiger partial charge in [-0.2, -0.15) is 0 Å². The van der Waals surface area contributed by atoms with Crippen molar-refractivity contribution in [1.82, 2.24) is 10.2 Å². The van der Waals surface area contributed by atoms with Gasteiger partial charge in [-0.25, -0.2) is 4.79 Å². The lowest BCUT2D eigenvalue weighted by atomic mass is 10.2. The Morgan fingerprint density at radius 2 is 2.53 bits per heavy atom. The first-order valence-corrected chi connectivity index (χ1v) is 5.78. The third-order valence-corrected chi connectivity index (χ3v) is 3.19. The summed E-state index contributed by atoms with van der Waals surface area (Å²) in [6.45, 7) is 2.76. The molecule has 0 radical (unpaired) electrons. The van der Waals surface area contributed by atoms with E-state index < -0.39 is 5.97 Å². The number of nitrogens with one attached hydrogen (secondary N) is 1. The monoisotopic (exact) mass is 238 g/mol.